The standard InChI is InChI=1S/C18H33P.Au/c1-4-10-16(11-5-1)19(17-12-6-2-7-13-17)18-14-8-3-9-15-18;/h16-18H,1-15H2;/q;-1/p+1. The summed E-state index contributed by atoms with van der Waals surface area (Å²) in [6, 6.07) is 0. The molecule has 0 atom stereocenters. The second kappa shape index (κ2) is 7.63. The molecule has 122 valence electrons. The van der Waals surface area contributed by atoms with E-state index in [2.05, 4.69) is 20.5 Å². The Labute approximate surface area is 138 Å². The van der Waals surface area contributed by atoms with Crippen LogP contribution in [0.1, 0.15) is 96.3 Å². The summed E-state index contributed by atoms with van der Waals surface area (Å²) in [7, 11) is 0. The molecular formula is C18H34AuP. The first-order chi connectivity index (χ1) is 9.82. The Balaban J connectivity index is 1.79. The zero-order chi connectivity index (χ0) is 13.8. The van der Waals surface area contributed by atoms with E-state index in [-0.39, 0.29) is 0 Å². The topological polar surface area (TPSA) is 0 Å². The van der Waals surface area contributed by atoms with Crippen LogP contribution in [0.2, 0.25) is 0 Å². The molecule has 3 rings (SSSR count). The Bertz CT molecular complexity index is 240. The summed E-state index contributed by atoms with van der Waals surface area (Å²) in [5.74, 6) is 0. The summed E-state index contributed by atoms with van der Waals surface area (Å²) in [4.78, 5) is 0. The molecule has 0 aromatic heterocycles. The Morgan fingerprint density at radius 2 is 0.700 bits per heavy atom. The number of hydrogen-bond donors (Lipinski definition) is 0. The van der Waals surface area contributed by atoms with Crippen LogP contribution >= 0.6 is 5.15 Å². The van der Waals surface area contributed by atoms with Gasteiger partial charge in [0.25, 0.3) is 0 Å². The molecule has 3 aliphatic carbocycles. The van der Waals surface area contributed by atoms with Gasteiger partial charge in [0.15, 0.2) is 0 Å². The van der Waals surface area contributed by atoms with E-state index in [9.17, 15) is 0 Å². The van der Waals surface area contributed by atoms with Gasteiger partial charge in [-0.25, -0.2) is 0 Å². The third-order valence-corrected chi connectivity index (χ3v) is 19.9. The molecular weight excluding hydrogens is 444 g/mol. The van der Waals surface area contributed by atoms with E-state index >= 15 is 0 Å². The fourth-order valence-electron chi connectivity index (χ4n) is 5.57. The normalized spacial score (nSPS) is 29.5. The second-order valence-corrected chi connectivity index (χ2v) is 17.4. The first kappa shape index (κ1) is 16.0. The average molecular weight is 478 g/mol. The molecule has 0 aliphatic heterocycles. The van der Waals surface area contributed by atoms with Crippen molar-refractivity contribution in [2.75, 3.05) is 0 Å². The van der Waals surface area contributed by atoms with Gasteiger partial charge in [-0.1, -0.05) is 0 Å². The Morgan fingerprint density at radius 1 is 0.450 bits per heavy atom. The quantitative estimate of drug-likeness (QED) is 0.335. The summed E-state index contributed by atoms with van der Waals surface area (Å²) in [6.07, 6.45) is 23.6. The van der Waals surface area contributed by atoms with E-state index in [1.54, 1.807) is 77.0 Å². The molecule has 0 radical (unpaired) electrons. The van der Waals surface area contributed by atoms with E-state index < -0.39 is 5.15 Å². The van der Waals surface area contributed by atoms with Crippen molar-refractivity contribution in [1.29, 1.82) is 0 Å². The minimum absolute atomic E-state index is 1.10. The van der Waals surface area contributed by atoms with Gasteiger partial charge in [-0.3, -0.25) is 0 Å². The van der Waals surface area contributed by atoms with Crippen molar-refractivity contribution in [2.24, 2.45) is 0 Å². The first-order valence-corrected chi connectivity index (χ1v) is 14.7. The van der Waals surface area contributed by atoms with Gasteiger partial charge in [0.2, 0.25) is 0 Å². The summed E-state index contributed by atoms with van der Waals surface area (Å²) >= 11 is 3.40. The third-order valence-electron chi connectivity index (χ3n) is 6.60. The third kappa shape index (κ3) is 3.40. The summed E-state index contributed by atoms with van der Waals surface area (Å²) in [5.41, 5.74) is 3.56. The van der Waals surface area contributed by atoms with Crippen molar-refractivity contribution in [3.05, 3.63) is 0 Å². The summed E-state index contributed by atoms with van der Waals surface area (Å²) < 4.78 is 0. The Morgan fingerprint density at radius 3 is 0.950 bits per heavy atom. The molecule has 20 heavy (non-hydrogen) atoms. The van der Waals surface area contributed by atoms with Crippen LogP contribution in [0.4, 0.5) is 0 Å². The molecule has 3 aliphatic rings. The molecule has 0 saturated heterocycles. The molecule has 3 saturated carbocycles. The van der Waals surface area contributed by atoms with E-state index in [1.807, 2.05) is 0 Å². The van der Waals surface area contributed by atoms with E-state index in [0.29, 0.717) is 0 Å². The predicted molar refractivity (Wildman–Crippen MR) is 88.9 cm³/mol. The molecule has 0 bridgehead atoms. The Hall–Kier alpha value is 1.17. The van der Waals surface area contributed by atoms with Gasteiger partial charge in [-0.15, -0.1) is 0 Å². The maximum absolute atomic E-state index is 3.40. The van der Waals surface area contributed by atoms with Crippen LogP contribution in [0, 0.1) is 0 Å². The molecule has 0 amide bonds. The molecule has 0 aromatic rings. The zero-order valence-corrected chi connectivity index (χ0v) is 16.3. The number of rotatable bonds is 3. The maximum atomic E-state index is 3.40. The van der Waals surface area contributed by atoms with Crippen molar-refractivity contribution >= 4 is 5.15 Å². The van der Waals surface area contributed by atoms with Crippen LogP contribution in [-0.2, 0) is 20.5 Å². The van der Waals surface area contributed by atoms with Crippen LogP contribution in [0.5, 0.6) is 0 Å². The summed E-state index contributed by atoms with van der Waals surface area (Å²) in [5, 5.41) is -1.10. The average Bonchev–Trinajstić information content (AvgIpc) is 2.56. The molecule has 0 spiro atoms. The molecule has 0 aromatic carbocycles. The van der Waals surface area contributed by atoms with E-state index in [0.717, 1.165) is 0 Å². The van der Waals surface area contributed by atoms with Gasteiger partial charge >= 0.3 is 139 Å². The second-order valence-electron chi connectivity index (χ2n) is 7.77. The van der Waals surface area contributed by atoms with E-state index in [4.69, 9.17) is 0 Å². The molecule has 0 unspecified atom stereocenters. The Kier molecular flexibility index (Phi) is 6.12. The van der Waals surface area contributed by atoms with Crippen molar-refractivity contribution in [2.45, 2.75) is 113 Å². The molecule has 0 nitrogen and oxygen atoms in total. The molecule has 0 N–H and O–H groups in total. The van der Waals surface area contributed by atoms with Gasteiger partial charge < -0.3 is 0 Å². The van der Waals surface area contributed by atoms with Gasteiger partial charge in [-0.05, 0) is 0 Å². The monoisotopic (exact) mass is 478 g/mol. The first-order valence-electron chi connectivity index (χ1n) is 9.47. The van der Waals surface area contributed by atoms with Gasteiger partial charge in [-0.2, -0.15) is 0 Å². The minimum atomic E-state index is -1.10. The zero-order valence-electron chi connectivity index (χ0n) is 13.1. The fourth-order valence-corrected chi connectivity index (χ4v) is 16.9. The number of hydrogen-bond acceptors (Lipinski definition) is 0. The summed E-state index contributed by atoms with van der Waals surface area (Å²) in [6.45, 7) is 0. The van der Waals surface area contributed by atoms with Crippen LogP contribution < -0.4 is 0 Å². The van der Waals surface area contributed by atoms with Crippen molar-refractivity contribution in [1.82, 2.24) is 0 Å². The van der Waals surface area contributed by atoms with Crippen LogP contribution in [0.25, 0.3) is 0 Å². The van der Waals surface area contributed by atoms with Crippen LogP contribution in [0.15, 0.2) is 0 Å². The van der Waals surface area contributed by atoms with Crippen LogP contribution in [0.3, 0.4) is 0 Å². The van der Waals surface area contributed by atoms with Gasteiger partial charge in [0.1, 0.15) is 0 Å². The molecule has 2 heteroatoms. The fraction of sp³-hybridized carbons (Fsp3) is 1.00. The van der Waals surface area contributed by atoms with Gasteiger partial charge in [0.05, 0.1) is 0 Å². The van der Waals surface area contributed by atoms with Crippen molar-refractivity contribution < 1.29 is 20.5 Å². The van der Waals surface area contributed by atoms with E-state index in [1.165, 1.54) is 36.2 Å². The van der Waals surface area contributed by atoms with Crippen molar-refractivity contribution in [3.8, 4) is 0 Å². The van der Waals surface area contributed by atoms with Gasteiger partial charge in [0, 0.05) is 0 Å². The molecule has 0 heterocycles. The predicted octanol–water partition coefficient (Wildman–Crippen LogP) is 6.20. The molecule has 3 fully saturated rings. The van der Waals surface area contributed by atoms with Crippen LogP contribution in [-0.4, -0.2) is 17.0 Å². The van der Waals surface area contributed by atoms with Crippen molar-refractivity contribution in [3.63, 3.8) is 0 Å². The SMILES string of the molecule is [Au][PH](C1CCCCC1)(C1CCCCC1)C1CCCCC1.